The smallest absolute Gasteiger partial charge is 0.305 e. The zero-order valence-corrected chi connectivity index (χ0v) is 15.7. The van der Waals surface area contributed by atoms with E-state index in [0.717, 1.165) is 6.42 Å². The highest BCUT2D eigenvalue weighted by Crippen LogP contribution is 2.40. The van der Waals surface area contributed by atoms with E-state index < -0.39 is 11.9 Å². The maximum Gasteiger partial charge on any atom is 0.305 e. The van der Waals surface area contributed by atoms with Crippen molar-refractivity contribution in [3.05, 3.63) is 46.5 Å². The van der Waals surface area contributed by atoms with Crippen LogP contribution < -0.4 is 0 Å². The molecule has 1 fully saturated rings. The van der Waals surface area contributed by atoms with Gasteiger partial charge in [0.05, 0.1) is 11.6 Å². The van der Waals surface area contributed by atoms with Gasteiger partial charge in [-0.1, -0.05) is 36.2 Å². The van der Waals surface area contributed by atoms with Crippen LogP contribution in [0.25, 0.3) is 0 Å². The summed E-state index contributed by atoms with van der Waals surface area (Å²) >= 11 is 12.4. The van der Waals surface area contributed by atoms with Gasteiger partial charge < -0.3 is 14.2 Å². The SMILES string of the molecule is CCCC(=O)OC[C@H]1CO[C@](Cn2cncn2)(c2ccc(Cl)cc2Cl)O1. The minimum atomic E-state index is -1.17. The highest BCUT2D eigenvalue weighted by molar-refractivity contribution is 6.35. The Hall–Kier alpha value is -1.67. The molecule has 0 spiro atoms. The van der Waals surface area contributed by atoms with Crippen LogP contribution in [-0.4, -0.2) is 40.1 Å². The molecule has 2 aromatic rings. The van der Waals surface area contributed by atoms with Gasteiger partial charge >= 0.3 is 5.97 Å². The van der Waals surface area contributed by atoms with Gasteiger partial charge in [-0.2, -0.15) is 5.10 Å². The van der Waals surface area contributed by atoms with Crippen LogP contribution in [0.3, 0.4) is 0 Å². The van der Waals surface area contributed by atoms with E-state index in [4.69, 9.17) is 37.4 Å². The van der Waals surface area contributed by atoms with Gasteiger partial charge in [0.25, 0.3) is 0 Å². The van der Waals surface area contributed by atoms with E-state index in [1.807, 2.05) is 6.92 Å². The lowest BCUT2D eigenvalue weighted by Gasteiger charge is -2.29. The first-order valence-electron chi connectivity index (χ1n) is 8.28. The van der Waals surface area contributed by atoms with Crippen molar-refractivity contribution >= 4 is 29.2 Å². The third-order valence-corrected chi connectivity index (χ3v) is 4.47. The van der Waals surface area contributed by atoms with Crippen LogP contribution in [0.2, 0.25) is 10.0 Å². The number of nitrogens with zero attached hydrogens (tertiary/aromatic N) is 3. The second kappa shape index (κ2) is 8.35. The molecule has 140 valence electrons. The summed E-state index contributed by atoms with van der Waals surface area (Å²) in [7, 11) is 0. The van der Waals surface area contributed by atoms with E-state index in [0.29, 0.717) is 22.0 Å². The quantitative estimate of drug-likeness (QED) is 0.665. The first-order chi connectivity index (χ1) is 12.5. The fourth-order valence-electron chi connectivity index (χ4n) is 2.74. The number of carbonyl (C=O) groups excluding carboxylic acids is 1. The standard InChI is InChI=1S/C17H19Cl2N3O4/c1-2-3-16(23)24-7-13-8-25-17(26-13,9-22-11-20-10-21-22)14-5-4-12(18)6-15(14)19/h4-6,10-11,13H,2-3,7-9H2,1H3/t13-,17-/m0/s1. The monoisotopic (exact) mass is 399 g/mol. The van der Waals surface area contributed by atoms with E-state index in [1.165, 1.54) is 6.33 Å². The molecule has 0 bridgehead atoms. The minimum absolute atomic E-state index is 0.114. The van der Waals surface area contributed by atoms with Crippen LogP contribution in [0.15, 0.2) is 30.9 Å². The number of hydrogen-bond acceptors (Lipinski definition) is 6. The molecular weight excluding hydrogens is 381 g/mol. The van der Waals surface area contributed by atoms with Crippen molar-refractivity contribution in [2.75, 3.05) is 13.2 Å². The number of hydrogen-bond donors (Lipinski definition) is 0. The fraction of sp³-hybridized carbons (Fsp3) is 0.471. The van der Waals surface area contributed by atoms with Crippen LogP contribution in [0, 0.1) is 0 Å². The number of rotatable bonds is 7. The molecule has 2 heterocycles. The minimum Gasteiger partial charge on any atom is -0.463 e. The molecule has 1 aromatic carbocycles. The van der Waals surface area contributed by atoms with E-state index in [1.54, 1.807) is 29.2 Å². The number of carbonyl (C=O) groups is 1. The van der Waals surface area contributed by atoms with E-state index in [-0.39, 0.29) is 25.7 Å². The first-order valence-corrected chi connectivity index (χ1v) is 9.03. The molecule has 0 aliphatic carbocycles. The van der Waals surface area contributed by atoms with Gasteiger partial charge in [-0.25, -0.2) is 9.67 Å². The Morgan fingerprint density at radius 1 is 1.46 bits per heavy atom. The van der Waals surface area contributed by atoms with Crippen LogP contribution in [0.5, 0.6) is 0 Å². The van der Waals surface area contributed by atoms with E-state index >= 15 is 0 Å². The summed E-state index contributed by atoms with van der Waals surface area (Å²) in [4.78, 5) is 15.5. The molecule has 7 nitrogen and oxygen atoms in total. The van der Waals surface area contributed by atoms with Crippen molar-refractivity contribution in [3.8, 4) is 0 Å². The van der Waals surface area contributed by atoms with Crippen molar-refractivity contribution < 1.29 is 19.0 Å². The number of ether oxygens (including phenoxy) is 3. The zero-order chi connectivity index (χ0) is 18.6. The predicted molar refractivity (Wildman–Crippen MR) is 94.9 cm³/mol. The molecule has 1 saturated heterocycles. The summed E-state index contributed by atoms with van der Waals surface area (Å²) in [5, 5.41) is 5.04. The maximum absolute atomic E-state index is 11.6. The van der Waals surface area contributed by atoms with E-state index in [2.05, 4.69) is 10.1 Å². The fourth-order valence-corrected chi connectivity index (χ4v) is 3.30. The Morgan fingerprint density at radius 3 is 3.00 bits per heavy atom. The lowest BCUT2D eigenvalue weighted by molar-refractivity contribution is -0.194. The average molecular weight is 400 g/mol. The highest BCUT2D eigenvalue weighted by atomic mass is 35.5. The molecule has 26 heavy (non-hydrogen) atoms. The zero-order valence-electron chi connectivity index (χ0n) is 14.2. The summed E-state index contributed by atoms with van der Waals surface area (Å²) in [6, 6.07) is 5.10. The van der Waals surface area contributed by atoms with Gasteiger partial charge in [0, 0.05) is 17.0 Å². The molecule has 1 aliphatic rings. The third-order valence-electron chi connectivity index (χ3n) is 3.92. The van der Waals surface area contributed by atoms with Gasteiger partial charge in [0.1, 0.15) is 31.9 Å². The van der Waals surface area contributed by atoms with Crippen molar-refractivity contribution in [1.29, 1.82) is 0 Å². The molecule has 0 radical (unpaired) electrons. The van der Waals surface area contributed by atoms with E-state index in [9.17, 15) is 4.79 Å². The van der Waals surface area contributed by atoms with Gasteiger partial charge in [0.2, 0.25) is 5.79 Å². The van der Waals surface area contributed by atoms with Crippen LogP contribution in [0.4, 0.5) is 0 Å². The number of benzene rings is 1. The van der Waals surface area contributed by atoms with Crippen molar-refractivity contribution in [2.24, 2.45) is 0 Å². The van der Waals surface area contributed by atoms with Crippen molar-refractivity contribution in [3.63, 3.8) is 0 Å². The second-order valence-electron chi connectivity index (χ2n) is 5.95. The molecule has 0 amide bonds. The summed E-state index contributed by atoms with van der Waals surface area (Å²) in [6.45, 7) is 2.53. The summed E-state index contributed by atoms with van der Waals surface area (Å²) < 4.78 is 19.0. The molecule has 3 rings (SSSR count). The Morgan fingerprint density at radius 2 is 2.31 bits per heavy atom. The molecule has 1 aromatic heterocycles. The molecule has 9 heteroatoms. The lowest BCUT2D eigenvalue weighted by Crippen LogP contribution is -2.35. The summed E-state index contributed by atoms with van der Waals surface area (Å²) in [5.41, 5.74) is 0.626. The number of aromatic nitrogens is 3. The molecule has 0 unspecified atom stereocenters. The molecule has 2 atom stereocenters. The Labute approximate surface area is 161 Å². The summed E-state index contributed by atoms with van der Waals surface area (Å²) in [5.74, 6) is -1.42. The maximum atomic E-state index is 11.6. The number of esters is 1. The Balaban J connectivity index is 1.80. The lowest BCUT2D eigenvalue weighted by atomic mass is 10.1. The molecular formula is C17H19Cl2N3O4. The van der Waals surface area contributed by atoms with Crippen molar-refractivity contribution in [1.82, 2.24) is 14.8 Å². The van der Waals surface area contributed by atoms with Crippen LogP contribution in [0.1, 0.15) is 25.3 Å². The largest absolute Gasteiger partial charge is 0.463 e. The molecule has 1 aliphatic heterocycles. The topological polar surface area (TPSA) is 75.5 Å². The Bertz CT molecular complexity index is 756. The predicted octanol–water partition coefficient (Wildman–Crippen LogP) is 3.20. The molecule has 0 N–H and O–H groups in total. The van der Waals surface area contributed by atoms with Gasteiger partial charge in [-0.05, 0) is 18.6 Å². The van der Waals surface area contributed by atoms with Gasteiger partial charge in [0.15, 0.2) is 0 Å². The van der Waals surface area contributed by atoms with Crippen LogP contribution in [-0.2, 0) is 31.3 Å². The highest BCUT2D eigenvalue weighted by Gasteiger charge is 2.45. The first kappa shape index (κ1) is 19.1. The Kier molecular flexibility index (Phi) is 6.13. The van der Waals surface area contributed by atoms with Crippen molar-refractivity contribution in [2.45, 2.75) is 38.2 Å². The van der Waals surface area contributed by atoms with Gasteiger partial charge in [-0.15, -0.1) is 0 Å². The van der Waals surface area contributed by atoms with Gasteiger partial charge in [-0.3, -0.25) is 4.79 Å². The summed E-state index contributed by atoms with van der Waals surface area (Å²) in [6.07, 6.45) is 3.69. The average Bonchev–Trinajstić information content (AvgIpc) is 3.24. The van der Waals surface area contributed by atoms with Crippen LogP contribution >= 0.6 is 23.2 Å². The third kappa shape index (κ3) is 4.35. The molecule has 0 saturated carbocycles. The normalized spacial score (nSPS) is 22.5. The second-order valence-corrected chi connectivity index (χ2v) is 6.80. The number of halogens is 2.